The molecule has 20 heavy (non-hydrogen) atoms. The molecule has 0 fully saturated rings. The van der Waals surface area contributed by atoms with Gasteiger partial charge in [-0.1, -0.05) is 12.1 Å². The van der Waals surface area contributed by atoms with Gasteiger partial charge in [-0.2, -0.15) is 0 Å². The first-order valence-electron chi connectivity index (χ1n) is 5.65. The van der Waals surface area contributed by atoms with E-state index in [0.717, 1.165) is 10.6 Å². The topological polar surface area (TPSA) is 101 Å². The third-order valence-electron chi connectivity index (χ3n) is 2.46. The van der Waals surface area contributed by atoms with Crippen molar-refractivity contribution >= 4 is 32.4 Å². The van der Waals surface area contributed by atoms with Gasteiger partial charge >= 0.3 is 6.03 Å². The van der Waals surface area contributed by atoms with Crippen molar-refractivity contribution in [3.05, 3.63) is 47.3 Å². The van der Waals surface area contributed by atoms with Gasteiger partial charge < -0.3 is 5.32 Å². The summed E-state index contributed by atoms with van der Waals surface area (Å²) >= 11 is 1.43. The van der Waals surface area contributed by atoms with Crippen molar-refractivity contribution in [2.45, 2.75) is 11.4 Å². The van der Waals surface area contributed by atoms with E-state index in [1.807, 2.05) is 11.4 Å². The molecule has 4 N–H and O–H groups in total. The molecule has 0 aliphatic rings. The molecule has 1 heterocycles. The fourth-order valence-electron chi connectivity index (χ4n) is 1.49. The van der Waals surface area contributed by atoms with Crippen molar-refractivity contribution in [1.82, 2.24) is 5.32 Å². The number of nitrogens with one attached hydrogen (secondary N) is 2. The number of primary sulfonamides is 1. The zero-order valence-corrected chi connectivity index (χ0v) is 12.0. The number of carbonyl (C=O) groups excluding carboxylic acids is 1. The molecule has 0 spiro atoms. The summed E-state index contributed by atoms with van der Waals surface area (Å²) in [5, 5.41) is 13.0. The zero-order valence-electron chi connectivity index (χ0n) is 10.4. The van der Waals surface area contributed by atoms with Gasteiger partial charge in [0.2, 0.25) is 10.0 Å². The first-order chi connectivity index (χ1) is 9.45. The van der Waals surface area contributed by atoms with Crippen LogP contribution in [0, 0.1) is 0 Å². The van der Waals surface area contributed by atoms with Crippen LogP contribution in [0.5, 0.6) is 0 Å². The average molecular weight is 311 g/mol. The fraction of sp³-hybridized carbons (Fsp3) is 0.0833. The van der Waals surface area contributed by atoms with E-state index in [9.17, 15) is 13.2 Å². The standard InChI is InChI=1S/C12H13N3O3S2/c13-20(17,18)10-5-3-9(4-6-10)8-14-12(16)15-11-2-1-7-19-11/h1-7H,8H2,(H2,13,17,18)(H2,14,15,16). The first-order valence-corrected chi connectivity index (χ1v) is 8.08. The Kier molecular flexibility index (Phi) is 4.38. The number of rotatable bonds is 4. The SMILES string of the molecule is NS(=O)(=O)c1ccc(CNC(=O)Nc2cccs2)cc1. The molecule has 0 atom stereocenters. The average Bonchev–Trinajstić information content (AvgIpc) is 2.88. The zero-order chi connectivity index (χ0) is 14.6. The lowest BCUT2D eigenvalue weighted by Gasteiger charge is -2.06. The molecule has 2 rings (SSSR count). The molecular weight excluding hydrogens is 298 g/mol. The van der Waals surface area contributed by atoms with Crippen LogP contribution in [-0.2, 0) is 16.6 Å². The summed E-state index contributed by atoms with van der Waals surface area (Å²) in [7, 11) is -3.68. The number of carbonyl (C=O) groups is 1. The summed E-state index contributed by atoms with van der Waals surface area (Å²) in [5.41, 5.74) is 0.777. The number of hydrogen-bond donors (Lipinski definition) is 3. The number of thiophene rings is 1. The molecule has 2 amide bonds. The second kappa shape index (κ2) is 6.04. The quantitative estimate of drug-likeness (QED) is 0.801. The Bertz CT molecular complexity index is 679. The van der Waals surface area contributed by atoms with Crippen LogP contribution in [0.15, 0.2) is 46.7 Å². The molecule has 1 aromatic carbocycles. The Labute approximate surface area is 120 Å². The van der Waals surface area contributed by atoms with Crippen LogP contribution in [0.2, 0.25) is 0 Å². The molecule has 0 unspecified atom stereocenters. The summed E-state index contributed by atoms with van der Waals surface area (Å²) in [6.45, 7) is 0.294. The molecule has 8 heteroatoms. The van der Waals surface area contributed by atoms with Crippen molar-refractivity contribution in [3.8, 4) is 0 Å². The maximum Gasteiger partial charge on any atom is 0.320 e. The summed E-state index contributed by atoms with van der Waals surface area (Å²) in [6, 6.07) is 9.34. The lowest BCUT2D eigenvalue weighted by atomic mass is 10.2. The van der Waals surface area contributed by atoms with E-state index in [4.69, 9.17) is 5.14 Å². The minimum absolute atomic E-state index is 0.0456. The number of hydrogen-bond acceptors (Lipinski definition) is 4. The van der Waals surface area contributed by atoms with Crippen molar-refractivity contribution in [2.24, 2.45) is 5.14 Å². The Balaban J connectivity index is 1.89. The van der Waals surface area contributed by atoms with Crippen LogP contribution >= 0.6 is 11.3 Å². The molecule has 106 valence electrons. The Morgan fingerprint density at radius 3 is 2.45 bits per heavy atom. The minimum Gasteiger partial charge on any atom is -0.334 e. The summed E-state index contributed by atoms with van der Waals surface area (Å²) < 4.78 is 22.2. The number of nitrogens with two attached hydrogens (primary N) is 1. The maximum absolute atomic E-state index is 11.6. The molecule has 0 saturated heterocycles. The Morgan fingerprint density at radius 2 is 1.90 bits per heavy atom. The van der Waals surface area contributed by atoms with E-state index in [2.05, 4.69) is 10.6 Å². The molecule has 6 nitrogen and oxygen atoms in total. The molecule has 0 radical (unpaired) electrons. The highest BCUT2D eigenvalue weighted by Crippen LogP contribution is 2.14. The number of anilines is 1. The van der Waals surface area contributed by atoms with Crippen molar-refractivity contribution in [2.75, 3.05) is 5.32 Å². The van der Waals surface area contributed by atoms with Crippen LogP contribution < -0.4 is 15.8 Å². The van der Waals surface area contributed by atoms with Gasteiger partial charge in [-0.25, -0.2) is 18.4 Å². The van der Waals surface area contributed by atoms with Gasteiger partial charge in [-0.3, -0.25) is 5.32 Å². The van der Waals surface area contributed by atoms with E-state index in [-0.39, 0.29) is 10.9 Å². The predicted molar refractivity (Wildman–Crippen MR) is 78.0 cm³/mol. The number of amides is 2. The molecule has 0 saturated carbocycles. The molecule has 2 aromatic rings. The Hall–Kier alpha value is -1.90. The van der Waals surface area contributed by atoms with Gasteiger partial charge in [0.1, 0.15) is 0 Å². The highest BCUT2D eigenvalue weighted by molar-refractivity contribution is 7.89. The minimum atomic E-state index is -3.68. The van der Waals surface area contributed by atoms with E-state index in [0.29, 0.717) is 6.54 Å². The highest BCUT2D eigenvalue weighted by Gasteiger charge is 2.07. The summed E-state index contributed by atoms with van der Waals surface area (Å²) in [5.74, 6) is 0. The van der Waals surface area contributed by atoms with Gasteiger partial charge in [0.15, 0.2) is 0 Å². The van der Waals surface area contributed by atoms with Gasteiger partial charge in [-0.15, -0.1) is 11.3 Å². The van der Waals surface area contributed by atoms with Crippen molar-refractivity contribution in [1.29, 1.82) is 0 Å². The summed E-state index contributed by atoms with van der Waals surface area (Å²) in [4.78, 5) is 11.6. The lowest BCUT2D eigenvalue weighted by molar-refractivity contribution is 0.252. The van der Waals surface area contributed by atoms with Crippen LogP contribution in [0.4, 0.5) is 9.80 Å². The highest BCUT2D eigenvalue weighted by atomic mass is 32.2. The predicted octanol–water partition coefficient (Wildman–Crippen LogP) is 1.72. The largest absolute Gasteiger partial charge is 0.334 e. The summed E-state index contributed by atoms with van der Waals surface area (Å²) in [6.07, 6.45) is 0. The monoisotopic (exact) mass is 311 g/mol. The molecular formula is C12H13N3O3S2. The van der Waals surface area contributed by atoms with Crippen LogP contribution in [0.3, 0.4) is 0 Å². The lowest BCUT2D eigenvalue weighted by Crippen LogP contribution is -2.27. The van der Waals surface area contributed by atoms with Gasteiger partial charge in [0.25, 0.3) is 0 Å². The molecule has 1 aromatic heterocycles. The second-order valence-corrected chi connectivity index (χ2v) is 6.48. The molecule has 0 aliphatic heterocycles. The smallest absolute Gasteiger partial charge is 0.320 e. The van der Waals surface area contributed by atoms with E-state index < -0.39 is 10.0 Å². The molecule has 0 bridgehead atoms. The van der Waals surface area contributed by atoms with Crippen LogP contribution in [0.25, 0.3) is 0 Å². The maximum atomic E-state index is 11.6. The van der Waals surface area contributed by atoms with Crippen LogP contribution in [-0.4, -0.2) is 14.4 Å². The van der Waals surface area contributed by atoms with Crippen molar-refractivity contribution < 1.29 is 13.2 Å². The van der Waals surface area contributed by atoms with Crippen LogP contribution in [0.1, 0.15) is 5.56 Å². The number of sulfonamides is 1. The Morgan fingerprint density at radius 1 is 1.20 bits per heavy atom. The van der Waals surface area contributed by atoms with E-state index >= 15 is 0 Å². The third kappa shape index (κ3) is 4.05. The number of benzene rings is 1. The normalized spacial score (nSPS) is 11.1. The number of urea groups is 1. The van der Waals surface area contributed by atoms with E-state index in [1.54, 1.807) is 18.2 Å². The second-order valence-electron chi connectivity index (χ2n) is 3.97. The third-order valence-corrected chi connectivity index (χ3v) is 4.18. The fourth-order valence-corrected chi connectivity index (χ4v) is 2.61. The van der Waals surface area contributed by atoms with Gasteiger partial charge in [-0.05, 0) is 35.2 Å². The van der Waals surface area contributed by atoms with E-state index in [1.165, 1.54) is 23.5 Å². The van der Waals surface area contributed by atoms with Gasteiger partial charge in [0, 0.05) is 6.54 Å². The van der Waals surface area contributed by atoms with Crippen molar-refractivity contribution in [3.63, 3.8) is 0 Å². The van der Waals surface area contributed by atoms with Gasteiger partial charge in [0.05, 0.1) is 9.90 Å². The first kappa shape index (κ1) is 14.5. The molecule has 0 aliphatic carbocycles.